The van der Waals surface area contributed by atoms with Crippen molar-refractivity contribution in [2.24, 2.45) is 0 Å². The molecule has 1 unspecified atom stereocenters. The molecule has 4 aromatic rings. The molecule has 0 spiro atoms. The quantitative estimate of drug-likeness (QED) is 0.395. The Morgan fingerprint density at radius 2 is 1.34 bits per heavy atom. The van der Waals surface area contributed by atoms with Crippen LogP contribution in [-0.2, 0) is 5.41 Å². The van der Waals surface area contributed by atoms with E-state index in [1.54, 1.807) is 7.11 Å². The second-order valence-corrected chi connectivity index (χ2v) is 6.95. The van der Waals surface area contributed by atoms with Gasteiger partial charge in [0.05, 0.1) is 7.11 Å². The summed E-state index contributed by atoms with van der Waals surface area (Å²) in [7, 11) is 1.63. The number of carbonyl (C=O) groups is 1. The van der Waals surface area contributed by atoms with Crippen LogP contribution in [0.4, 0.5) is 0 Å². The molecule has 0 N–H and O–H groups in total. The van der Waals surface area contributed by atoms with Crippen LogP contribution in [0.2, 0.25) is 0 Å². The lowest BCUT2D eigenvalue weighted by Crippen LogP contribution is -2.38. The molecule has 3 aromatic carbocycles. The van der Waals surface area contributed by atoms with Gasteiger partial charge in [-0.15, -0.1) is 0 Å². The fourth-order valence-corrected chi connectivity index (χ4v) is 3.80. The number of carbonyl (C=O) groups excluding carboxylic acids is 1. The molecular formula is C26H22O3. The lowest BCUT2D eigenvalue weighted by Gasteiger charge is -2.32. The van der Waals surface area contributed by atoms with E-state index < -0.39 is 5.41 Å². The van der Waals surface area contributed by atoms with Crippen LogP contribution >= 0.6 is 0 Å². The van der Waals surface area contributed by atoms with Crippen LogP contribution in [0.3, 0.4) is 0 Å². The van der Waals surface area contributed by atoms with Crippen LogP contribution in [0.15, 0.2) is 101 Å². The highest BCUT2D eigenvalue weighted by Crippen LogP contribution is 2.43. The largest absolute Gasteiger partial charge is 0.497 e. The summed E-state index contributed by atoms with van der Waals surface area (Å²) in [6.07, 6.45) is 0. The van der Waals surface area contributed by atoms with Crippen molar-refractivity contribution in [3.05, 3.63) is 125 Å². The number of methoxy groups -OCH3 is 1. The van der Waals surface area contributed by atoms with E-state index in [-0.39, 0.29) is 5.78 Å². The molecule has 1 atom stereocenters. The number of hydrogen-bond acceptors (Lipinski definition) is 3. The van der Waals surface area contributed by atoms with Crippen molar-refractivity contribution in [2.75, 3.05) is 7.11 Å². The first-order chi connectivity index (χ1) is 14.2. The Labute approximate surface area is 170 Å². The van der Waals surface area contributed by atoms with E-state index in [1.807, 2.05) is 104 Å². The number of rotatable bonds is 6. The second-order valence-electron chi connectivity index (χ2n) is 6.95. The van der Waals surface area contributed by atoms with E-state index in [1.165, 1.54) is 0 Å². The van der Waals surface area contributed by atoms with Gasteiger partial charge in [-0.05, 0) is 42.3 Å². The average molecular weight is 382 g/mol. The number of aryl methyl sites for hydroxylation is 1. The number of ether oxygens (including phenoxy) is 1. The fraction of sp³-hybridized carbons (Fsp3) is 0.115. The third-order valence-electron chi connectivity index (χ3n) is 5.22. The summed E-state index contributed by atoms with van der Waals surface area (Å²) < 4.78 is 11.4. The van der Waals surface area contributed by atoms with Gasteiger partial charge in [0.15, 0.2) is 5.78 Å². The van der Waals surface area contributed by atoms with Crippen molar-refractivity contribution < 1.29 is 13.9 Å². The lowest BCUT2D eigenvalue weighted by molar-refractivity contribution is 0.0922. The standard InChI is InChI=1S/C26H22O3/c1-19-13-18-24(29-19)26(21-11-7-4-8-12-21,22-14-16-23(28-2)17-15-22)25(27)20-9-5-3-6-10-20/h3-18H,1-2H3. The SMILES string of the molecule is COc1ccc(C(C(=O)c2ccccc2)(c2ccccc2)c2ccc(C)o2)cc1. The fourth-order valence-electron chi connectivity index (χ4n) is 3.80. The molecule has 0 bridgehead atoms. The van der Waals surface area contributed by atoms with Crippen LogP contribution in [-0.4, -0.2) is 12.9 Å². The van der Waals surface area contributed by atoms with Crippen LogP contribution in [0.5, 0.6) is 5.75 Å². The molecule has 0 radical (unpaired) electrons. The topological polar surface area (TPSA) is 39.4 Å². The average Bonchev–Trinajstić information content (AvgIpc) is 3.22. The van der Waals surface area contributed by atoms with E-state index >= 15 is 0 Å². The molecule has 1 aromatic heterocycles. The van der Waals surface area contributed by atoms with Gasteiger partial charge in [-0.2, -0.15) is 0 Å². The summed E-state index contributed by atoms with van der Waals surface area (Å²) in [5.74, 6) is 2.05. The highest BCUT2D eigenvalue weighted by Gasteiger charge is 2.46. The smallest absolute Gasteiger partial charge is 0.185 e. The first-order valence-electron chi connectivity index (χ1n) is 9.53. The van der Waals surface area contributed by atoms with Crippen molar-refractivity contribution in [1.82, 2.24) is 0 Å². The molecule has 4 rings (SSSR count). The predicted octanol–water partition coefficient (Wildman–Crippen LogP) is 5.81. The van der Waals surface area contributed by atoms with Crippen molar-refractivity contribution in [1.29, 1.82) is 0 Å². The minimum Gasteiger partial charge on any atom is -0.497 e. The number of Topliss-reactive ketones (excluding diaryl/α,β-unsaturated/α-hetero) is 1. The summed E-state index contributed by atoms with van der Waals surface area (Å²) in [4.78, 5) is 14.1. The highest BCUT2D eigenvalue weighted by molar-refractivity contribution is 6.08. The zero-order valence-electron chi connectivity index (χ0n) is 16.5. The van der Waals surface area contributed by atoms with Crippen LogP contribution in [0.25, 0.3) is 0 Å². The zero-order chi connectivity index (χ0) is 20.3. The molecule has 0 amide bonds. The Morgan fingerprint density at radius 3 is 1.90 bits per heavy atom. The Morgan fingerprint density at radius 1 is 0.759 bits per heavy atom. The molecule has 0 aliphatic rings. The van der Waals surface area contributed by atoms with Crippen LogP contribution in [0.1, 0.15) is 33.0 Å². The van der Waals surface area contributed by atoms with Gasteiger partial charge in [0.2, 0.25) is 0 Å². The monoisotopic (exact) mass is 382 g/mol. The number of hydrogen-bond donors (Lipinski definition) is 0. The van der Waals surface area contributed by atoms with Crippen molar-refractivity contribution >= 4 is 5.78 Å². The third kappa shape index (κ3) is 3.25. The molecule has 144 valence electrons. The van der Waals surface area contributed by atoms with Gasteiger partial charge >= 0.3 is 0 Å². The Balaban J connectivity index is 2.06. The van der Waals surface area contributed by atoms with Gasteiger partial charge in [0, 0.05) is 5.56 Å². The lowest BCUT2D eigenvalue weighted by atomic mass is 9.68. The van der Waals surface area contributed by atoms with E-state index in [2.05, 4.69) is 0 Å². The summed E-state index contributed by atoms with van der Waals surface area (Å²) in [5, 5.41) is 0. The van der Waals surface area contributed by atoms with Crippen molar-refractivity contribution in [2.45, 2.75) is 12.3 Å². The molecular weight excluding hydrogens is 360 g/mol. The first kappa shape index (κ1) is 18.8. The molecule has 0 aliphatic heterocycles. The maximum Gasteiger partial charge on any atom is 0.185 e. The van der Waals surface area contributed by atoms with Crippen LogP contribution < -0.4 is 4.74 Å². The molecule has 3 nitrogen and oxygen atoms in total. The molecule has 0 saturated carbocycles. The maximum absolute atomic E-state index is 14.1. The Bertz CT molecular complexity index is 1100. The summed E-state index contributed by atoms with van der Waals surface area (Å²) in [6.45, 7) is 1.89. The number of ketones is 1. The molecule has 3 heteroatoms. The van der Waals surface area contributed by atoms with Crippen LogP contribution in [0, 0.1) is 6.92 Å². The van der Waals surface area contributed by atoms with Gasteiger partial charge in [-0.3, -0.25) is 4.79 Å². The predicted molar refractivity (Wildman–Crippen MR) is 114 cm³/mol. The highest BCUT2D eigenvalue weighted by atomic mass is 16.5. The van der Waals surface area contributed by atoms with E-state index in [0.29, 0.717) is 11.3 Å². The molecule has 29 heavy (non-hydrogen) atoms. The number of furan rings is 1. The Hall–Kier alpha value is -3.59. The van der Waals surface area contributed by atoms with Crippen molar-refractivity contribution in [3.63, 3.8) is 0 Å². The summed E-state index contributed by atoms with van der Waals surface area (Å²) in [6, 6.07) is 30.6. The minimum absolute atomic E-state index is 0.0381. The second kappa shape index (κ2) is 7.80. The molecule has 1 heterocycles. The van der Waals surface area contributed by atoms with Gasteiger partial charge in [0.1, 0.15) is 22.7 Å². The van der Waals surface area contributed by atoms with E-state index in [9.17, 15) is 4.79 Å². The van der Waals surface area contributed by atoms with Gasteiger partial charge in [-0.25, -0.2) is 0 Å². The Kier molecular flexibility index (Phi) is 5.05. The molecule has 0 saturated heterocycles. The van der Waals surface area contributed by atoms with Gasteiger partial charge < -0.3 is 9.15 Å². The molecule has 0 aliphatic carbocycles. The van der Waals surface area contributed by atoms with E-state index in [4.69, 9.17) is 9.15 Å². The minimum atomic E-state index is -1.11. The normalized spacial score (nSPS) is 12.9. The van der Waals surface area contributed by atoms with E-state index in [0.717, 1.165) is 22.6 Å². The van der Waals surface area contributed by atoms with Gasteiger partial charge in [-0.1, -0.05) is 72.8 Å². The number of benzene rings is 3. The van der Waals surface area contributed by atoms with Gasteiger partial charge in [0.25, 0.3) is 0 Å². The third-order valence-corrected chi connectivity index (χ3v) is 5.22. The zero-order valence-corrected chi connectivity index (χ0v) is 16.5. The van der Waals surface area contributed by atoms with Crippen molar-refractivity contribution in [3.8, 4) is 5.75 Å². The first-order valence-corrected chi connectivity index (χ1v) is 9.53. The molecule has 0 fully saturated rings. The summed E-state index contributed by atoms with van der Waals surface area (Å²) in [5.41, 5.74) is 1.20. The summed E-state index contributed by atoms with van der Waals surface area (Å²) >= 11 is 0. The maximum atomic E-state index is 14.1.